The standard InChI is InChI=1S/C13H30N2O2Si/c1-10(2)18(11(3)4,12(5)6)17-9-7-8-15-13(14)16/h10-12H,7-9H2,1-6H3,(H3,14,15,16). The lowest BCUT2D eigenvalue weighted by molar-refractivity contribution is 0.244. The minimum Gasteiger partial charge on any atom is -0.416 e. The SMILES string of the molecule is CC(C)[Si](OCCCNC(N)=O)(C(C)C)C(C)C. The van der Waals surface area contributed by atoms with Crippen LogP contribution in [0.25, 0.3) is 0 Å². The summed E-state index contributed by atoms with van der Waals surface area (Å²) in [6.45, 7) is 14.9. The van der Waals surface area contributed by atoms with Crippen molar-refractivity contribution in [2.75, 3.05) is 13.2 Å². The quantitative estimate of drug-likeness (QED) is 0.527. The maximum atomic E-state index is 10.6. The first-order chi connectivity index (χ1) is 8.25. The highest BCUT2D eigenvalue weighted by molar-refractivity contribution is 6.77. The highest BCUT2D eigenvalue weighted by Crippen LogP contribution is 2.42. The van der Waals surface area contributed by atoms with Gasteiger partial charge in [0.25, 0.3) is 0 Å². The second kappa shape index (κ2) is 7.79. The summed E-state index contributed by atoms with van der Waals surface area (Å²) in [6, 6.07) is -0.463. The number of amides is 2. The molecule has 0 saturated heterocycles. The number of nitrogens with two attached hydrogens (primary N) is 1. The van der Waals surface area contributed by atoms with Crippen molar-refractivity contribution in [2.24, 2.45) is 5.73 Å². The van der Waals surface area contributed by atoms with Gasteiger partial charge in [-0.1, -0.05) is 41.5 Å². The van der Waals surface area contributed by atoms with Gasteiger partial charge in [0, 0.05) is 13.2 Å². The Labute approximate surface area is 113 Å². The Bertz CT molecular complexity index is 234. The Morgan fingerprint density at radius 1 is 1.11 bits per heavy atom. The molecule has 0 radical (unpaired) electrons. The predicted octanol–water partition coefficient (Wildman–Crippen LogP) is 3.24. The third kappa shape index (κ3) is 4.61. The summed E-state index contributed by atoms with van der Waals surface area (Å²) in [5.74, 6) is 0. The van der Waals surface area contributed by atoms with E-state index in [1.165, 1.54) is 0 Å². The fraction of sp³-hybridized carbons (Fsp3) is 0.923. The van der Waals surface area contributed by atoms with E-state index in [0.29, 0.717) is 29.8 Å². The van der Waals surface area contributed by atoms with Crippen molar-refractivity contribution in [3.8, 4) is 0 Å². The molecule has 18 heavy (non-hydrogen) atoms. The van der Waals surface area contributed by atoms with E-state index in [9.17, 15) is 4.79 Å². The number of primary amides is 1. The third-order valence-corrected chi connectivity index (χ3v) is 9.80. The lowest BCUT2D eigenvalue weighted by Gasteiger charge is -2.42. The van der Waals surface area contributed by atoms with E-state index < -0.39 is 14.3 Å². The molecule has 2 amide bonds. The van der Waals surface area contributed by atoms with E-state index in [0.717, 1.165) is 6.42 Å². The zero-order chi connectivity index (χ0) is 14.3. The van der Waals surface area contributed by atoms with Gasteiger partial charge < -0.3 is 15.5 Å². The molecule has 4 nitrogen and oxygen atoms in total. The molecule has 0 saturated carbocycles. The van der Waals surface area contributed by atoms with Crippen molar-refractivity contribution >= 4 is 14.3 Å². The van der Waals surface area contributed by atoms with E-state index in [4.69, 9.17) is 10.2 Å². The van der Waals surface area contributed by atoms with Crippen LogP contribution < -0.4 is 11.1 Å². The molecule has 0 atom stereocenters. The maximum absolute atomic E-state index is 10.6. The normalized spacial score (nSPS) is 12.5. The predicted molar refractivity (Wildman–Crippen MR) is 79.2 cm³/mol. The van der Waals surface area contributed by atoms with Gasteiger partial charge in [-0.15, -0.1) is 0 Å². The van der Waals surface area contributed by atoms with Crippen LogP contribution in [0.5, 0.6) is 0 Å². The van der Waals surface area contributed by atoms with E-state index in [1.54, 1.807) is 0 Å². The number of carbonyl (C=O) groups is 1. The van der Waals surface area contributed by atoms with Gasteiger partial charge in [0.2, 0.25) is 0 Å². The van der Waals surface area contributed by atoms with Crippen LogP contribution in [0.15, 0.2) is 0 Å². The van der Waals surface area contributed by atoms with Crippen LogP contribution >= 0.6 is 0 Å². The zero-order valence-corrected chi connectivity index (χ0v) is 13.7. The molecule has 0 aromatic rings. The van der Waals surface area contributed by atoms with Gasteiger partial charge in [0.1, 0.15) is 0 Å². The number of hydrogen-bond acceptors (Lipinski definition) is 2. The summed E-state index contributed by atoms with van der Waals surface area (Å²) in [5.41, 5.74) is 6.82. The molecule has 0 aliphatic heterocycles. The molecule has 0 fully saturated rings. The molecular weight excluding hydrogens is 244 g/mol. The van der Waals surface area contributed by atoms with Crippen molar-refractivity contribution in [3.63, 3.8) is 0 Å². The number of hydrogen-bond donors (Lipinski definition) is 2. The number of carbonyl (C=O) groups excluding carboxylic acids is 1. The summed E-state index contributed by atoms with van der Waals surface area (Å²) in [5, 5.41) is 2.59. The van der Waals surface area contributed by atoms with Crippen molar-refractivity contribution in [1.29, 1.82) is 0 Å². The van der Waals surface area contributed by atoms with Crippen LogP contribution in [0.4, 0.5) is 4.79 Å². The summed E-state index contributed by atoms with van der Waals surface area (Å²) in [6.07, 6.45) is 0.823. The third-order valence-electron chi connectivity index (χ3n) is 3.68. The molecule has 0 unspecified atom stereocenters. The van der Waals surface area contributed by atoms with Crippen LogP contribution in [0, 0.1) is 0 Å². The fourth-order valence-corrected chi connectivity index (χ4v) is 8.53. The fourth-order valence-electron chi connectivity index (χ4n) is 3.03. The first-order valence-electron chi connectivity index (χ1n) is 6.92. The molecule has 0 heterocycles. The molecule has 0 aliphatic carbocycles. The van der Waals surface area contributed by atoms with Gasteiger partial charge in [-0.05, 0) is 23.0 Å². The first-order valence-corrected chi connectivity index (χ1v) is 9.06. The lowest BCUT2D eigenvalue weighted by atomic mass is 10.4. The zero-order valence-electron chi connectivity index (χ0n) is 12.7. The van der Waals surface area contributed by atoms with Gasteiger partial charge in [0.05, 0.1) is 0 Å². The Kier molecular flexibility index (Phi) is 7.55. The average Bonchev–Trinajstić information content (AvgIpc) is 2.20. The van der Waals surface area contributed by atoms with Crippen molar-refractivity contribution < 1.29 is 9.22 Å². The van der Waals surface area contributed by atoms with Crippen molar-refractivity contribution in [2.45, 2.75) is 64.6 Å². The number of nitrogens with one attached hydrogen (secondary N) is 1. The first kappa shape index (κ1) is 17.4. The molecule has 5 heteroatoms. The Morgan fingerprint density at radius 3 is 1.89 bits per heavy atom. The number of urea groups is 1. The van der Waals surface area contributed by atoms with E-state index in [2.05, 4.69) is 46.9 Å². The van der Waals surface area contributed by atoms with Crippen LogP contribution in [-0.4, -0.2) is 27.5 Å². The van der Waals surface area contributed by atoms with Gasteiger partial charge >= 0.3 is 6.03 Å². The largest absolute Gasteiger partial charge is 0.416 e. The Hall–Kier alpha value is -0.553. The van der Waals surface area contributed by atoms with Gasteiger partial charge in [-0.25, -0.2) is 4.79 Å². The van der Waals surface area contributed by atoms with Crippen LogP contribution in [0.2, 0.25) is 16.6 Å². The molecule has 3 N–H and O–H groups in total. The highest BCUT2D eigenvalue weighted by atomic mass is 28.4. The summed E-state index contributed by atoms with van der Waals surface area (Å²) in [4.78, 5) is 10.6. The smallest absolute Gasteiger partial charge is 0.312 e. The second-order valence-corrected chi connectivity index (χ2v) is 11.3. The average molecular weight is 274 g/mol. The lowest BCUT2D eigenvalue weighted by Crippen LogP contribution is -2.48. The van der Waals surface area contributed by atoms with Gasteiger partial charge in [0.15, 0.2) is 8.32 Å². The second-order valence-electron chi connectivity index (χ2n) is 5.81. The minimum atomic E-state index is -1.75. The molecule has 0 bridgehead atoms. The minimum absolute atomic E-state index is 0.463. The van der Waals surface area contributed by atoms with Crippen LogP contribution in [0.3, 0.4) is 0 Å². The number of rotatable bonds is 8. The molecular formula is C13H30N2O2Si. The highest BCUT2D eigenvalue weighted by Gasteiger charge is 2.44. The van der Waals surface area contributed by atoms with E-state index >= 15 is 0 Å². The molecule has 108 valence electrons. The Morgan fingerprint density at radius 2 is 1.56 bits per heavy atom. The van der Waals surface area contributed by atoms with Crippen LogP contribution in [0.1, 0.15) is 48.0 Å². The summed E-state index contributed by atoms with van der Waals surface area (Å²) >= 11 is 0. The monoisotopic (exact) mass is 274 g/mol. The molecule has 0 rings (SSSR count). The summed E-state index contributed by atoms with van der Waals surface area (Å²) in [7, 11) is -1.75. The van der Waals surface area contributed by atoms with Crippen molar-refractivity contribution in [1.82, 2.24) is 5.32 Å². The van der Waals surface area contributed by atoms with E-state index in [1.807, 2.05) is 0 Å². The van der Waals surface area contributed by atoms with E-state index in [-0.39, 0.29) is 0 Å². The van der Waals surface area contributed by atoms with Crippen molar-refractivity contribution in [3.05, 3.63) is 0 Å². The van der Waals surface area contributed by atoms with Gasteiger partial charge in [-0.3, -0.25) is 0 Å². The summed E-state index contributed by atoms with van der Waals surface area (Å²) < 4.78 is 6.34. The molecule has 0 aliphatic rings. The van der Waals surface area contributed by atoms with Crippen LogP contribution in [-0.2, 0) is 4.43 Å². The molecule has 0 aromatic carbocycles. The topological polar surface area (TPSA) is 64.3 Å². The maximum Gasteiger partial charge on any atom is 0.312 e. The Balaban J connectivity index is 4.39. The van der Waals surface area contributed by atoms with Gasteiger partial charge in [-0.2, -0.15) is 0 Å². The molecule has 0 spiro atoms. The molecule has 0 aromatic heterocycles.